The molecule has 108 valence electrons. The Morgan fingerprint density at radius 3 is 2.84 bits per heavy atom. The Labute approximate surface area is 114 Å². The van der Waals surface area contributed by atoms with Gasteiger partial charge in [-0.25, -0.2) is 9.78 Å². The van der Waals surface area contributed by atoms with E-state index in [1.54, 1.807) is 12.5 Å². The molecule has 1 N–H and O–H groups in total. The van der Waals surface area contributed by atoms with E-state index < -0.39 is 11.7 Å². The van der Waals surface area contributed by atoms with E-state index >= 15 is 0 Å². The molecule has 1 heterocycles. The summed E-state index contributed by atoms with van der Waals surface area (Å²) in [5, 5.41) is 2.71. The first-order valence-corrected chi connectivity index (χ1v) is 6.46. The highest BCUT2D eigenvalue weighted by Gasteiger charge is 2.16. The van der Waals surface area contributed by atoms with E-state index in [9.17, 15) is 4.79 Å². The van der Waals surface area contributed by atoms with Crippen LogP contribution in [0.2, 0.25) is 0 Å². The number of alkyl carbamates (subject to hydrolysis) is 1. The largest absolute Gasteiger partial charge is 0.444 e. The number of imidazole rings is 1. The number of carbonyl (C=O) groups is 1. The van der Waals surface area contributed by atoms with Crippen LogP contribution in [0.1, 0.15) is 33.4 Å². The zero-order valence-electron chi connectivity index (χ0n) is 12.1. The molecule has 19 heavy (non-hydrogen) atoms. The number of ether oxygens (including phenoxy) is 2. The van der Waals surface area contributed by atoms with Gasteiger partial charge in [-0.3, -0.25) is 0 Å². The summed E-state index contributed by atoms with van der Waals surface area (Å²) < 4.78 is 12.4. The highest BCUT2D eigenvalue weighted by atomic mass is 16.6. The average molecular weight is 269 g/mol. The molecule has 1 rings (SSSR count). The molecule has 0 fully saturated rings. The quantitative estimate of drug-likeness (QED) is 0.802. The molecule has 0 unspecified atom stereocenters. The lowest BCUT2D eigenvalue weighted by molar-refractivity contribution is 0.0522. The number of carbonyl (C=O) groups excluding carboxylic acids is 1. The summed E-state index contributed by atoms with van der Waals surface area (Å²) in [6, 6.07) is 0. The fourth-order valence-electron chi connectivity index (χ4n) is 1.48. The second-order valence-corrected chi connectivity index (χ2v) is 5.13. The van der Waals surface area contributed by atoms with Gasteiger partial charge in [-0.2, -0.15) is 0 Å². The van der Waals surface area contributed by atoms with Crippen molar-refractivity contribution in [3.63, 3.8) is 0 Å². The molecule has 0 aromatic carbocycles. The van der Waals surface area contributed by atoms with Crippen molar-refractivity contribution >= 4 is 6.09 Å². The molecule has 0 saturated heterocycles. The van der Waals surface area contributed by atoms with Crippen molar-refractivity contribution in [2.24, 2.45) is 0 Å². The molecule has 0 aliphatic heterocycles. The third-order valence-electron chi connectivity index (χ3n) is 2.29. The SMILES string of the molecule is CCOCCn1cncc1CNC(=O)OC(C)(C)C. The molecular formula is C13H23N3O3. The maximum Gasteiger partial charge on any atom is 0.407 e. The monoisotopic (exact) mass is 269 g/mol. The fraction of sp³-hybridized carbons (Fsp3) is 0.692. The van der Waals surface area contributed by atoms with E-state index in [2.05, 4.69) is 10.3 Å². The fourth-order valence-corrected chi connectivity index (χ4v) is 1.48. The molecule has 1 amide bonds. The van der Waals surface area contributed by atoms with Crippen molar-refractivity contribution in [1.82, 2.24) is 14.9 Å². The van der Waals surface area contributed by atoms with Gasteiger partial charge >= 0.3 is 6.09 Å². The third-order valence-corrected chi connectivity index (χ3v) is 2.29. The minimum absolute atomic E-state index is 0.390. The number of rotatable bonds is 6. The van der Waals surface area contributed by atoms with Crippen molar-refractivity contribution < 1.29 is 14.3 Å². The third kappa shape index (κ3) is 6.24. The van der Waals surface area contributed by atoms with Crippen LogP contribution < -0.4 is 5.32 Å². The lowest BCUT2D eigenvalue weighted by Crippen LogP contribution is -2.32. The summed E-state index contributed by atoms with van der Waals surface area (Å²) in [6.07, 6.45) is 3.03. The van der Waals surface area contributed by atoms with Gasteiger partial charge in [0.15, 0.2) is 0 Å². The standard InChI is InChI=1S/C13H23N3O3/c1-5-18-7-6-16-10-14-8-11(16)9-15-12(17)19-13(2,3)4/h8,10H,5-7,9H2,1-4H3,(H,15,17). The van der Waals surface area contributed by atoms with Crippen LogP contribution in [0.4, 0.5) is 4.79 Å². The Hall–Kier alpha value is -1.56. The maximum atomic E-state index is 11.5. The Morgan fingerprint density at radius 2 is 2.21 bits per heavy atom. The minimum Gasteiger partial charge on any atom is -0.444 e. The molecule has 0 bridgehead atoms. The van der Waals surface area contributed by atoms with Gasteiger partial charge in [0.2, 0.25) is 0 Å². The van der Waals surface area contributed by atoms with E-state index in [1.165, 1.54) is 0 Å². The van der Waals surface area contributed by atoms with Gasteiger partial charge in [0.05, 0.1) is 25.2 Å². The summed E-state index contributed by atoms with van der Waals surface area (Å²) >= 11 is 0. The van der Waals surface area contributed by atoms with Crippen LogP contribution in [0.25, 0.3) is 0 Å². The normalized spacial score (nSPS) is 11.4. The van der Waals surface area contributed by atoms with Crippen molar-refractivity contribution in [3.05, 3.63) is 18.2 Å². The van der Waals surface area contributed by atoms with E-state index in [1.807, 2.05) is 32.3 Å². The minimum atomic E-state index is -0.487. The van der Waals surface area contributed by atoms with Crippen molar-refractivity contribution in [2.75, 3.05) is 13.2 Å². The molecule has 1 aromatic heterocycles. The topological polar surface area (TPSA) is 65.4 Å². The van der Waals surface area contributed by atoms with Crippen LogP contribution in [0.5, 0.6) is 0 Å². The highest BCUT2D eigenvalue weighted by Crippen LogP contribution is 2.07. The summed E-state index contributed by atoms with van der Waals surface area (Å²) in [6.45, 7) is 9.89. The van der Waals surface area contributed by atoms with E-state index in [0.717, 1.165) is 12.2 Å². The molecule has 0 saturated carbocycles. The van der Waals surface area contributed by atoms with Crippen molar-refractivity contribution in [1.29, 1.82) is 0 Å². The molecule has 0 radical (unpaired) electrons. The first-order chi connectivity index (χ1) is 8.92. The molecule has 0 spiro atoms. The van der Waals surface area contributed by atoms with Gasteiger partial charge in [-0.1, -0.05) is 0 Å². The van der Waals surface area contributed by atoms with Crippen LogP contribution in [0.15, 0.2) is 12.5 Å². The van der Waals surface area contributed by atoms with Crippen LogP contribution in [0, 0.1) is 0 Å². The molecule has 0 atom stereocenters. The van der Waals surface area contributed by atoms with Crippen LogP contribution >= 0.6 is 0 Å². The van der Waals surface area contributed by atoms with Gasteiger partial charge in [0.25, 0.3) is 0 Å². The number of nitrogens with one attached hydrogen (secondary N) is 1. The van der Waals surface area contributed by atoms with Gasteiger partial charge in [0, 0.05) is 19.3 Å². The summed E-state index contributed by atoms with van der Waals surface area (Å²) in [5.74, 6) is 0. The predicted molar refractivity (Wildman–Crippen MR) is 71.8 cm³/mol. The maximum absolute atomic E-state index is 11.5. The Kier molecular flexibility index (Phi) is 5.82. The average Bonchev–Trinajstić information content (AvgIpc) is 2.72. The van der Waals surface area contributed by atoms with E-state index in [-0.39, 0.29) is 0 Å². The number of aromatic nitrogens is 2. The highest BCUT2D eigenvalue weighted by molar-refractivity contribution is 5.67. The summed E-state index contributed by atoms with van der Waals surface area (Å²) in [5.41, 5.74) is 0.435. The Bertz CT molecular complexity index is 396. The van der Waals surface area contributed by atoms with Crippen LogP contribution in [-0.4, -0.2) is 34.5 Å². The van der Waals surface area contributed by atoms with Gasteiger partial charge in [-0.05, 0) is 27.7 Å². The van der Waals surface area contributed by atoms with Crippen LogP contribution in [-0.2, 0) is 22.6 Å². The summed E-state index contributed by atoms with van der Waals surface area (Å²) in [4.78, 5) is 15.6. The van der Waals surface area contributed by atoms with Gasteiger partial charge in [-0.15, -0.1) is 0 Å². The van der Waals surface area contributed by atoms with E-state index in [4.69, 9.17) is 9.47 Å². The van der Waals surface area contributed by atoms with Gasteiger partial charge in [0.1, 0.15) is 5.60 Å². The number of hydrogen-bond donors (Lipinski definition) is 1. The first kappa shape index (κ1) is 15.5. The van der Waals surface area contributed by atoms with Gasteiger partial charge < -0.3 is 19.4 Å². The second kappa shape index (κ2) is 7.13. The first-order valence-electron chi connectivity index (χ1n) is 6.46. The van der Waals surface area contributed by atoms with Crippen molar-refractivity contribution in [2.45, 2.75) is 46.4 Å². The number of nitrogens with zero attached hydrogens (tertiary/aromatic N) is 2. The second-order valence-electron chi connectivity index (χ2n) is 5.13. The molecule has 6 nitrogen and oxygen atoms in total. The molecule has 0 aliphatic carbocycles. The molecule has 1 aromatic rings. The summed E-state index contributed by atoms with van der Waals surface area (Å²) in [7, 11) is 0. The van der Waals surface area contributed by atoms with Crippen molar-refractivity contribution in [3.8, 4) is 0 Å². The van der Waals surface area contributed by atoms with Crippen LogP contribution in [0.3, 0.4) is 0 Å². The Morgan fingerprint density at radius 1 is 1.47 bits per heavy atom. The molecule has 0 aliphatic rings. The number of hydrogen-bond acceptors (Lipinski definition) is 4. The smallest absolute Gasteiger partial charge is 0.407 e. The molecule has 6 heteroatoms. The lowest BCUT2D eigenvalue weighted by atomic mass is 10.2. The Balaban J connectivity index is 2.41. The predicted octanol–water partition coefficient (Wildman–Crippen LogP) is 1.94. The number of amides is 1. The zero-order valence-corrected chi connectivity index (χ0v) is 12.1. The molecular weight excluding hydrogens is 246 g/mol. The lowest BCUT2D eigenvalue weighted by Gasteiger charge is -2.19. The zero-order chi connectivity index (χ0) is 14.3. The van der Waals surface area contributed by atoms with E-state index in [0.29, 0.717) is 19.8 Å².